The van der Waals surface area contributed by atoms with Crippen molar-refractivity contribution in [3.05, 3.63) is 71.5 Å². The third-order valence-corrected chi connectivity index (χ3v) is 6.32. The number of unbranched alkanes of at least 4 members (excludes halogenated alkanes) is 1. The maximum Gasteiger partial charge on any atom is 0.534 e. The number of nitrogens with zero attached hydrogens (tertiary/aromatic N) is 1. The van der Waals surface area contributed by atoms with Gasteiger partial charge in [0.15, 0.2) is 0 Å². The summed E-state index contributed by atoms with van der Waals surface area (Å²) < 4.78 is 64.4. The first-order valence-electron chi connectivity index (χ1n) is 10.9. The lowest BCUT2D eigenvalue weighted by atomic mass is 9.99. The summed E-state index contributed by atoms with van der Waals surface area (Å²) in [6.07, 6.45) is 6.77. The van der Waals surface area contributed by atoms with E-state index in [0.717, 1.165) is 61.2 Å². The molecule has 0 aliphatic carbocycles. The summed E-state index contributed by atoms with van der Waals surface area (Å²) in [6.45, 7) is 2.83. The van der Waals surface area contributed by atoms with Crippen molar-refractivity contribution in [1.29, 1.82) is 0 Å². The third-order valence-electron chi connectivity index (χ3n) is 5.34. The molecule has 0 atom stereocenters. The molecule has 186 valence electrons. The van der Waals surface area contributed by atoms with Gasteiger partial charge in [0.25, 0.3) is 0 Å². The number of rotatable bonds is 11. The fourth-order valence-corrected chi connectivity index (χ4v) is 3.99. The molecule has 0 saturated carbocycles. The van der Waals surface area contributed by atoms with Gasteiger partial charge in [-0.05, 0) is 79.3 Å². The Labute approximate surface area is 197 Å². The van der Waals surface area contributed by atoms with Crippen molar-refractivity contribution >= 4 is 15.8 Å². The molecule has 0 saturated heterocycles. The molecule has 2 aromatic rings. The van der Waals surface area contributed by atoms with Crippen LogP contribution >= 0.6 is 0 Å². The van der Waals surface area contributed by atoms with E-state index >= 15 is 0 Å². The minimum absolute atomic E-state index is 0.330. The van der Waals surface area contributed by atoms with E-state index in [4.69, 9.17) is 10.6 Å². The molecule has 0 bridgehead atoms. The SMILES string of the molecule is Nc1ccc(CC=CONCCCCN2CCc3ccc(OS(=O)(=O)C(F)(F)F)cc3C2)cc1. The van der Waals surface area contributed by atoms with Crippen molar-refractivity contribution in [3.8, 4) is 5.75 Å². The van der Waals surface area contributed by atoms with Crippen LogP contribution in [0.4, 0.5) is 18.9 Å². The molecule has 34 heavy (non-hydrogen) atoms. The van der Waals surface area contributed by atoms with Crippen LogP contribution in [-0.2, 0) is 34.3 Å². The zero-order chi connectivity index (χ0) is 24.6. The molecule has 3 N–H and O–H groups in total. The average Bonchev–Trinajstić information content (AvgIpc) is 2.78. The van der Waals surface area contributed by atoms with Gasteiger partial charge >= 0.3 is 15.6 Å². The lowest BCUT2D eigenvalue weighted by Gasteiger charge is -2.29. The Balaban J connectivity index is 1.34. The molecule has 1 aliphatic heterocycles. The molecule has 1 heterocycles. The van der Waals surface area contributed by atoms with Gasteiger partial charge in [-0.2, -0.15) is 27.1 Å². The molecule has 0 fully saturated rings. The summed E-state index contributed by atoms with van der Waals surface area (Å²) >= 11 is 0. The van der Waals surface area contributed by atoms with Gasteiger partial charge in [0, 0.05) is 25.3 Å². The second-order valence-corrected chi connectivity index (χ2v) is 9.51. The van der Waals surface area contributed by atoms with E-state index in [0.29, 0.717) is 13.1 Å². The maximum atomic E-state index is 12.5. The first kappa shape index (κ1) is 25.9. The Morgan fingerprint density at radius 1 is 1.09 bits per heavy atom. The molecular formula is C23H28F3N3O4S. The fraction of sp³-hybridized carbons (Fsp3) is 0.391. The van der Waals surface area contributed by atoms with Crippen LogP contribution in [0.25, 0.3) is 0 Å². The van der Waals surface area contributed by atoms with Gasteiger partial charge in [-0.1, -0.05) is 18.2 Å². The van der Waals surface area contributed by atoms with E-state index in [2.05, 4.69) is 14.6 Å². The standard InChI is InChI=1S/C23H28F3N3O4S/c24-23(25,26)34(30,31)33-22-10-7-19-11-14-29(17-20(19)16-22)13-2-1-12-28-32-15-3-4-18-5-8-21(27)9-6-18/h3,5-10,15-16,28H,1-2,4,11-14,17,27H2. The highest BCUT2D eigenvalue weighted by Crippen LogP contribution is 2.29. The molecular weight excluding hydrogens is 471 g/mol. The van der Waals surface area contributed by atoms with Gasteiger partial charge in [-0.3, -0.25) is 4.90 Å². The van der Waals surface area contributed by atoms with Crippen molar-refractivity contribution in [1.82, 2.24) is 10.4 Å². The molecule has 3 rings (SSSR count). The largest absolute Gasteiger partial charge is 0.534 e. The lowest BCUT2D eigenvalue weighted by molar-refractivity contribution is -0.0500. The smallest absolute Gasteiger partial charge is 0.417 e. The number of fused-ring (bicyclic) bond motifs is 1. The van der Waals surface area contributed by atoms with Gasteiger partial charge in [0.1, 0.15) is 12.0 Å². The van der Waals surface area contributed by atoms with Crippen LogP contribution < -0.4 is 15.4 Å². The van der Waals surface area contributed by atoms with E-state index in [9.17, 15) is 21.6 Å². The Morgan fingerprint density at radius 3 is 2.59 bits per heavy atom. The number of allylic oxidation sites excluding steroid dienone is 1. The highest BCUT2D eigenvalue weighted by Gasteiger charge is 2.48. The Hall–Kier alpha value is -2.76. The third kappa shape index (κ3) is 7.64. The number of nitrogens with one attached hydrogen (secondary N) is 1. The van der Waals surface area contributed by atoms with E-state index in [-0.39, 0.29) is 5.75 Å². The van der Waals surface area contributed by atoms with Gasteiger partial charge in [0.05, 0.1) is 0 Å². The molecule has 7 nitrogen and oxygen atoms in total. The minimum Gasteiger partial charge on any atom is -0.417 e. The summed E-state index contributed by atoms with van der Waals surface area (Å²) in [4.78, 5) is 7.46. The minimum atomic E-state index is -5.68. The van der Waals surface area contributed by atoms with Crippen molar-refractivity contribution in [2.24, 2.45) is 0 Å². The molecule has 11 heteroatoms. The number of nitrogens with two attached hydrogens (primary N) is 1. The number of hydrogen-bond donors (Lipinski definition) is 2. The Morgan fingerprint density at radius 2 is 1.85 bits per heavy atom. The monoisotopic (exact) mass is 499 g/mol. The van der Waals surface area contributed by atoms with Crippen LogP contribution in [0.3, 0.4) is 0 Å². The number of hydrogen-bond acceptors (Lipinski definition) is 7. The first-order valence-corrected chi connectivity index (χ1v) is 12.3. The highest BCUT2D eigenvalue weighted by molar-refractivity contribution is 7.88. The average molecular weight is 500 g/mol. The molecule has 0 spiro atoms. The quantitative estimate of drug-likeness (QED) is 0.121. The summed E-state index contributed by atoms with van der Waals surface area (Å²) in [5, 5.41) is 0. The number of anilines is 1. The number of hydroxylamine groups is 1. The molecule has 0 aromatic heterocycles. The van der Waals surface area contributed by atoms with E-state index in [1.165, 1.54) is 12.1 Å². The summed E-state index contributed by atoms with van der Waals surface area (Å²) in [6, 6.07) is 11.9. The van der Waals surface area contributed by atoms with Gasteiger partial charge in [0.2, 0.25) is 0 Å². The number of halogens is 3. The van der Waals surface area contributed by atoms with Crippen molar-refractivity contribution in [3.63, 3.8) is 0 Å². The summed E-state index contributed by atoms with van der Waals surface area (Å²) in [7, 11) is -5.68. The van der Waals surface area contributed by atoms with Crippen molar-refractivity contribution in [2.75, 3.05) is 25.4 Å². The van der Waals surface area contributed by atoms with Gasteiger partial charge in [-0.25, -0.2) is 0 Å². The van der Waals surface area contributed by atoms with Crippen molar-refractivity contribution in [2.45, 2.75) is 37.7 Å². The Kier molecular flexibility index (Phi) is 8.81. The molecule has 2 aromatic carbocycles. The van der Waals surface area contributed by atoms with Crippen LogP contribution in [-0.4, -0.2) is 38.5 Å². The van der Waals surface area contributed by atoms with Gasteiger partial charge in [-0.15, -0.1) is 0 Å². The first-order chi connectivity index (χ1) is 16.1. The van der Waals surface area contributed by atoms with Crippen LogP contribution in [0, 0.1) is 0 Å². The van der Waals surface area contributed by atoms with E-state index < -0.39 is 15.6 Å². The Bertz CT molecular complexity index is 1070. The molecule has 0 unspecified atom stereocenters. The normalized spacial score (nSPS) is 14.8. The molecule has 0 amide bonds. The van der Waals surface area contributed by atoms with E-state index in [1.54, 1.807) is 12.3 Å². The molecule has 1 aliphatic rings. The number of alkyl halides is 3. The van der Waals surface area contributed by atoms with Gasteiger partial charge < -0.3 is 14.8 Å². The highest BCUT2D eigenvalue weighted by atomic mass is 32.2. The predicted molar refractivity (Wildman–Crippen MR) is 123 cm³/mol. The number of nitrogen functional groups attached to an aromatic ring is 1. The predicted octanol–water partition coefficient (Wildman–Crippen LogP) is 3.91. The zero-order valence-electron chi connectivity index (χ0n) is 18.6. The van der Waals surface area contributed by atoms with Crippen molar-refractivity contribution < 1.29 is 30.6 Å². The zero-order valence-corrected chi connectivity index (χ0v) is 19.4. The molecule has 0 radical (unpaired) electrons. The maximum absolute atomic E-state index is 12.5. The fourth-order valence-electron chi connectivity index (χ4n) is 3.53. The number of benzene rings is 2. The summed E-state index contributed by atoms with van der Waals surface area (Å²) in [5.74, 6) is -0.330. The van der Waals surface area contributed by atoms with E-state index in [1.807, 2.05) is 30.3 Å². The van der Waals surface area contributed by atoms with Crippen LogP contribution in [0.15, 0.2) is 54.8 Å². The lowest BCUT2D eigenvalue weighted by Crippen LogP contribution is -2.32. The second kappa shape index (κ2) is 11.6. The second-order valence-electron chi connectivity index (χ2n) is 7.98. The van der Waals surface area contributed by atoms with Crippen LogP contribution in [0.5, 0.6) is 5.75 Å². The topological polar surface area (TPSA) is 93.9 Å². The van der Waals surface area contributed by atoms with Crippen LogP contribution in [0.2, 0.25) is 0 Å². The summed E-state index contributed by atoms with van der Waals surface area (Å²) in [5.41, 5.74) is 6.70. The van der Waals surface area contributed by atoms with Crippen LogP contribution in [0.1, 0.15) is 29.5 Å².